The first kappa shape index (κ1) is 40.2. The molecule has 0 saturated heterocycles. The summed E-state index contributed by atoms with van der Waals surface area (Å²) in [7, 11) is 0. The molecule has 0 spiro atoms. The molecule has 12 heteroatoms. The smallest absolute Gasteiger partial charge is 0.237 e. The zero-order valence-electron chi connectivity index (χ0n) is 26.2. The third-order valence-corrected chi connectivity index (χ3v) is 7.32. The Bertz CT molecular complexity index is 686. The van der Waals surface area contributed by atoms with Crippen molar-refractivity contribution in [1.29, 1.82) is 0 Å². The second kappa shape index (κ2) is 28.0. The zero-order chi connectivity index (χ0) is 31.4. The molecule has 0 fully saturated rings. The van der Waals surface area contributed by atoms with Crippen molar-refractivity contribution < 1.29 is 24.6 Å². The molecule has 0 heterocycles. The highest BCUT2D eigenvalue weighted by Gasteiger charge is 2.20. The van der Waals surface area contributed by atoms with E-state index < -0.39 is 30.4 Å². The van der Waals surface area contributed by atoms with E-state index >= 15 is 0 Å². The van der Waals surface area contributed by atoms with E-state index in [1.165, 1.54) is 6.92 Å². The second-order valence-electron chi connectivity index (χ2n) is 11.3. The fourth-order valence-corrected chi connectivity index (χ4v) is 4.80. The molecule has 0 bridgehead atoms. The average Bonchev–Trinajstić information content (AvgIpc) is 2.94. The minimum atomic E-state index is -0.764. The summed E-state index contributed by atoms with van der Waals surface area (Å²) in [4.78, 5) is 35.3. The maximum Gasteiger partial charge on any atom is 0.237 e. The van der Waals surface area contributed by atoms with Crippen molar-refractivity contribution in [3.8, 4) is 0 Å². The van der Waals surface area contributed by atoms with Gasteiger partial charge in [0.2, 0.25) is 17.7 Å². The van der Waals surface area contributed by atoms with Gasteiger partial charge in [-0.25, -0.2) is 0 Å². The molecular formula is C30H63N7O5. The highest BCUT2D eigenvalue weighted by molar-refractivity contribution is 5.81. The largest absolute Gasteiger partial charge is 0.379 e. The van der Waals surface area contributed by atoms with Gasteiger partial charge in [-0.1, -0.05) is 51.4 Å². The quantitative estimate of drug-likeness (QED) is 0.0426. The van der Waals surface area contributed by atoms with E-state index in [1.54, 1.807) is 0 Å². The van der Waals surface area contributed by atoms with Gasteiger partial charge in [0, 0.05) is 20.0 Å². The van der Waals surface area contributed by atoms with E-state index in [0.29, 0.717) is 51.9 Å². The summed E-state index contributed by atoms with van der Waals surface area (Å²) in [5.74, 6) is -0.547. The van der Waals surface area contributed by atoms with E-state index in [-0.39, 0.29) is 11.8 Å². The molecule has 3 amide bonds. The highest BCUT2D eigenvalue weighted by atomic mass is 16.3. The van der Waals surface area contributed by atoms with Gasteiger partial charge < -0.3 is 38.0 Å². The minimum Gasteiger partial charge on any atom is -0.379 e. The Labute approximate surface area is 254 Å². The van der Waals surface area contributed by atoms with Crippen molar-refractivity contribution in [2.45, 2.75) is 147 Å². The van der Waals surface area contributed by atoms with Crippen LogP contribution in [0.5, 0.6) is 0 Å². The van der Waals surface area contributed by atoms with Crippen LogP contribution in [0.15, 0.2) is 0 Å². The van der Waals surface area contributed by atoms with Gasteiger partial charge in [0.15, 0.2) is 0 Å². The zero-order valence-corrected chi connectivity index (χ0v) is 26.2. The van der Waals surface area contributed by atoms with Crippen LogP contribution >= 0.6 is 0 Å². The number of primary amides is 1. The molecule has 0 rings (SSSR count). The van der Waals surface area contributed by atoms with Crippen LogP contribution in [-0.4, -0.2) is 78.7 Å². The molecule has 0 aliphatic heterocycles. The van der Waals surface area contributed by atoms with E-state index in [4.69, 9.17) is 17.2 Å². The van der Waals surface area contributed by atoms with Crippen molar-refractivity contribution in [3.63, 3.8) is 0 Å². The van der Waals surface area contributed by atoms with Gasteiger partial charge in [-0.05, 0) is 77.3 Å². The van der Waals surface area contributed by atoms with Gasteiger partial charge in [0.1, 0.15) is 12.5 Å². The highest BCUT2D eigenvalue weighted by Crippen LogP contribution is 2.10. The molecule has 0 saturated carbocycles. The fraction of sp³-hybridized carbons (Fsp3) is 0.900. The number of hydrogen-bond acceptors (Lipinski definition) is 9. The van der Waals surface area contributed by atoms with Crippen LogP contribution in [-0.2, 0) is 14.4 Å². The molecule has 248 valence electrons. The molecule has 0 aromatic heterocycles. The lowest BCUT2D eigenvalue weighted by Crippen LogP contribution is -2.48. The number of unbranched alkanes of at least 4 members (excludes halogenated alkanes) is 10. The maximum atomic E-state index is 12.8. The van der Waals surface area contributed by atoms with Crippen LogP contribution in [0.4, 0.5) is 0 Å². The Morgan fingerprint density at radius 2 is 0.976 bits per heavy atom. The van der Waals surface area contributed by atoms with Crippen molar-refractivity contribution in [1.82, 2.24) is 21.3 Å². The van der Waals surface area contributed by atoms with Crippen LogP contribution in [0.2, 0.25) is 0 Å². The standard InChI is InChI=1S/C30H63N7O5/c1-24(38)34-22-14-6-2-4-9-19-28(40)37-26(17-11-13-21-32)30(42)35-23-15-7-3-5-8-18-27(39)36-25(29(33)41)16-10-12-20-31/h25-28,36-37,39-40H,2-23,31-32H2,1H3,(H2,33,41)(H,34,38)(H,35,42). The van der Waals surface area contributed by atoms with Crippen molar-refractivity contribution in [2.75, 3.05) is 26.2 Å². The van der Waals surface area contributed by atoms with E-state index in [1.807, 2.05) is 0 Å². The SMILES string of the molecule is CC(=O)NCCCCCCCC(O)NC(CCCCN)C(=O)NCCCCCCCC(O)NC(CCCCN)C(N)=O. The first-order valence-electron chi connectivity index (χ1n) is 16.3. The number of aliphatic hydroxyl groups excluding tert-OH is 2. The summed E-state index contributed by atoms with van der Waals surface area (Å²) >= 11 is 0. The van der Waals surface area contributed by atoms with Gasteiger partial charge in [0.05, 0.1) is 12.1 Å². The van der Waals surface area contributed by atoms with Gasteiger partial charge >= 0.3 is 0 Å². The number of rotatable bonds is 30. The third kappa shape index (κ3) is 24.7. The molecule has 12 N–H and O–H groups in total. The Kier molecular flexibility index (Phi) is 26.8. The molecule has 0 radical (unpaired) electrons. The Balaban J connectivity index is 4.12. The van der Waals surface area contributed by atoms with Crippen molar-refractivity contribution >= 4 is 17.7 Å². The number of nitrogens with one attached hydrogen (secondary N) is 4. The summed E-state index contributed by atoms with van der Waals surface area (Å²) in [6.07, 6.45) is 13.6. The summed E-state index contributed by atoms with van der Waals surface area (Å²) in [6.45, 7) is 3.95. The van der Waals surface area contributed by atoms with Crippen molar-refractivity contribution in [3.05, 3.63) is 0 Å². The molecule has 0 aromatic rings. The van der Waals surface area contributed by atoms with Gasteiger partial charge in [-0.3, -0.25) is 25.0 Å². The molecule has 0 aliphatic rings. The topological polar surface area (TPSA) is 218 Å². The monoisotopic (exact) mass is 601 g/mol. The molecule has 42 heavy (non-hydrogen) atoms. The summed E-state index contributed by atoms with van der Waals surface area (Å²) in [5, 5.41) is 32.5. The number of carbonyl (C=O) groups is 3. The average molecular weight is 602 g/mol. The van der Waals surface area contributed by atoms with Gasteiger partial charge in [-0.2, -0.15) is 0 Å². The Morgan fingerprint density at radius 3 is 1.45 bits per heavy atom. The number of nitrogens with two attached hydrogens (primary N) is 3. The number of carbonyl (C=O) groups excluding carboxylic acids is 3. The fourth-order valence-electron chi connectivity index (χ4n) is 4.80. The maximum absolute atomic E-state index is 12.8. The van der Waals surface area contributed by atoms with Gasteiger partial charge in [-0.15, -0.1) is 0 Å². The molecule has 12 nitrogen and oxygen atoms in total. The number of amides is 3. The summed E-state index contributed by atoms with van der Waals surface area (Å²) < 4.78 is 0. The predicted molar refractivity (Wildman–Crippen MR) is 168 cm³/mol. The Hall–Kier alpha value is -1.83. The second-order valence-corrected chi connectivity index (χ2v) is 11.3. The molecule has 4 atom stereocenters. The minimum absolute atomic E-state index is 0.00132. The number of aliphatic hydroxyl groups is 2. The van der Waals surface area contributed by atoms with Crippen LogP contribution in [0, 0.1) is 0 Å². The lowest BCUT2D eigenvalue weighted by molar-refractivity contribution is -0.124. The first-order chi connectivity index (χ1) is 20.2. The van der Waals surface area contributed by atoms with Gasteiger partial charge in [0.25, 0.3) is 0 Å². The van der Waals surface area contributed by atoms with E-state index in [2.05, 4.69) is 21.3 Å². The third-order valence-electron chi connectivity index (χ3n) is 7.32. The number of hydrogen-bond donors (Lipinski definition) is 9. The van der Waals surface area contributed by atoms with Crippen LogP contribution < -0.4 is 38.5 Å². The predicted octanol–water partition coefficient (Wildman–Crippen LogP) is 1.22. The molecule has 4 unspecified atom stereocenters. The van der Waals surface area contributed by atoms with Crippen LogP contribution in [0.1, 0.15) is 122 Å². The molecular weight excluding hydrogens is 538 g/mol. The molecule has 0 aliphatic carbocycles. The molecule has 0 aromatic carbocycles. The first-order valence-corrected chi connectivity index (χ1v) is 16.3. The lowest BCUT2D eigenvalue weighted by atomic mass is 10.1. The Morgan fingerprint density at radius 1 is 0.571 bits per heavy atom. The van der Waals surface area contributed by atoms with Crippen molar-refractivity contribution in [2.24, 2.45) is 17.2 Å². The van der Waals surface area contributed by atoms with Crippen LogP contribution in [0.25, 0.3) is 0 Å². The normalized spacial score (nSPS) is 14.2. The summed E-state index contributed by atoms with van der Waals surface area (Å²) in [6, 6.07) is -0.986. The lowest BCUT2D eigenvalue weighted by Gasteiger charge is -2.22. The van der Waals surface area contributed by atoms with E-state index in [9.17, 15) is 24.6 Å². The summed E-state index contributed by atoms with van der Waals surface area (Å²) in [5.41, 5.74) is 16.5. The van der Waals surface area contributed by atoms with Crippen LogP contribution in [0.3, 0.4) is 0 Å². The van der Waals surface area contributed by atoms with E-state index in [0.717, 1.165) is 89.9 Å².